The Morgan fingerprint density at radius 2 is 2.05 bits per heavy atom. The van der Waals surface area contributed by atoms with E-state index in [0.29, 0.717) is 19.0 Å². The first-order valence-corrected chi connectivity index (χ1v) is 7.48. The molecule has 0 bridgehead atoms. The van der Waals surface area contributed by atoms with Crippen LogP contribution in [0.3, 0.4) is 0 Å². The smallest absolute Gasteiger partial charge is 0.335 e. The van der Waals surface area contributed by atoms with Gasteiger partial charge in [0.1, 0.15) is 0 Å². The number of fused-ring (bicyclic) bond motifs is 1. The van der Waals surface area contributed by atoms with Gasteiger partial charge in [0.05, 0.1) is 5.56 Å². The van der Waals surface area contributed by atoms with Gasteiger partial charge in [-0.25, -0.2) is 9.59 Å². The lowest BCUT2D eigenvalue weighted by atomic mass is 10.0. The fraction of sp³-hybridized carbons (Fsp3) is 0.500. The van der Waals surface area contributed by atoms with E-state index < -0.39 is 5.97 Å². The molecule has 2 amide bonds. The van der Waals surface area contributed by atoms with Gasteiger partial charge >= 0.3 is 12.0 Å². The van der Waals surface area contributed by atoms with E-state index in [1.54, 1.807) is 23.1 Å². The molecule has 0 aromatic heterocycles. The minimum absolute atomic E-state index is 0.136. The average Bonchev–Trinajstić information content (AvgIpc) is 2.91. The summed E-state index contributed by atoms with van der Waals surface area (Å²) in [5, 5.41) is 12.0. The van der Waals surface area contributed by atoms with Crippen molar-refractivity contribution in [1.82, 2.24) is 5.32 Å². The fourth-order valence-corrected chi connectivity index (χ4v) is 2.63. The number of nitrogens with zero attached hydrogens (tertiary/aromatic N) is 1. The minimum atomic E-state index is -0.970. The van der Waals surface area contributed by atoms with E-state index in [9.17, 15) is 9.59 Å². The summed E-state index contributed by atoms with van der Waals surface area (Å²) in [5.41, 5.74) is 1.96. The van der Waals surface area contributed by atoms with Gasteiger partial charge in [0, 0.05) is 18.8 Å². The molecule has 2 rings (SSSR count). The third kappa shape index (κ3) is 3.35. The summed E-state index contributed by atoms with van der Waals surface area (Å²) in [7, 11) is 0. The summed E-state index contributed by atoms with van der Waals surface area (Å²) in [4.78, 5) is 25.0. The molecule has 1 aliphatic heterocycles. The molecule has 114 valence electrons. The molecule has 0 fully saturated rings. The fourth-order valence-electron chi connectivity index (χ4n) is 2.63. The number of hydrogen-bond acceptors (Lipinski definition) is 2. The van der Waals surface area contributed by atoms with E-state index in [1.165, 1.54) is 0 Å². The van der Waals surface area contributed by atoms with Crippen LogP contribution in [-0.4, -0.2) is 30.2 Å². The highest BCUT2D eigenvalue weighted by molar-refractivity contribution is 5.96. The summed E-state index contributed by atoms with van der Waals surface area (Å²) in [6.07, 6.45) is 2.85. The van der Waals surface area contributed by atoms with Crippen LogP contribution in [0.1, 0.15) is 42.6 Å². The number of hydrogen-bond donors (Lipinski definition) is 2. The zero-order valence-electron chi connectivity index (χ0n) is 12.6. The van der Waals surface area contributed by atoms with Crippen molar-refractivity contribution in [3.63, 3.8) is 0 Å². The highest BCUT2D eigenvalue weighted by atomic mass is 16.4. The second kappa shape index (κ2) is 6.61. The lowest BCUT2D eigenvalue weighted by Gasteiger charge is -2.20. The Labute approximate surface area is 125 Å². The summed E-state index contributed by atoms with van der Waals surface area (Å²) >= 11 is 0. The molecular weight excluding hydrogens is 268 g/mol. The van der Waals surface area contributed by atoms with Gasteiger partial charge in [-0.15, -0.1) is 0 Å². The minimum Gasteiger partial charge on any atom is -0.478 e. The molecule has 5 nitrogen and oxygen atoms in total. The molecule has 1 aliphatic rings. The molecule has 0 unspecified atom stereocenters. The number of benzene rings is 1. The average molecular weight is 290 g/mol. The predicted octanol–water partition coefficient (Wildman–Crippen LogP) is 2.89. The second-order valence-corrected chi connectivity index (χ2v) is 5.42. The van der Waals surface area contributed by atoms with E-state index in [1.807, 2.05) is 0 Å². The molecule has 0 atom stereocenters. The van der Waals surface area contributed by atoms with Crippen molar-refractivity contribution in [2.24, 2.45) is 5.92 Å². The number of urea groups is 1. The number of carboxylic acids is 1. The summed E-state index contributed by atoms with van der Waals surface area (Å²) in [6.45, 7) is 5.50. The van der Waals surface area contributed by atoms with Gasteiger partial charge in [-0.3, -0.25) is 4.90 Å². The maximum atomic E-state index is 12.3. The van der Waals surface area contributed by atoms with Crippen LogP contribution in [0.4, 0.5) is 10.5 Å². The normalized spacial score (nSPS) is 13.4. The third-order valence-corrected chi connectivity index (χ3v) is 4.17. The third-order valence-electron chi connectivity index (χ3n) is 4.17. The highest BCUT2D eigenvalue weighted by Crippen LogP contribution is 2.29. The quantitative estimate of drug-likeness (QED) is 0.876. The Bertz CT molecular complexity index is 538. The van der Waals surface area contributed by atoms with Crippen molar-refractivity contribution in [1.29, 1.82) is 0 Å². The monoisotopic (exact) mass is 290 g/mol. The van der Waals surface area contributed by atoms with Gasteiger partial charge in [-0.05, 0) is 30.0 Å². The van der Waals surface area contributed by atoms with Gasteiger partial charge in [0.25, 0.3) is 0 Å². The van der Waals surface area contributed by atoms with Gasteiger partial charge in [0.2, 0.25) is 0 Å². The second-order valence-electron chi connectivity index (χ2n) is 5.42. The van der Waals surface area contributed by atoms with Crippen LogP contribution in [0.25, 0.3) is 0 Å². The molecule has 0 spiro atoms. The zero-order chi connectivity index (χ0) is 15.4. The van der Waals surface area contributed by atoms with Crippen molar-refractivity contribution in [2.45, 2.75) is 33.1 Å². The number of amides is 2. The SMILES string of the molecule is CCC(CC)CNC(=O)N1CCc2ccc(C(=O)O)cc21. The molecule has 21 heavy (non-hydrogen) atoms. The predicted molar refractivity (Wildman–Crippen MR) is 81.9 cm³/mol. The Morgan fingerprint density at radius 1 is 1.33 bits per heavy atom. The molecule has 1 heterocycles. The van der Waals surface area contributed by atoms with Crippen LogP contribution in [0.2, 0.25) is 0 Å². The number of anilines is 1. The number of carbonyl (C=O) groups is 2. The highest BCUT2D eigenvalue weighted by Gasteiger charge is 2.25. The molecule has 2 N–H and O–H groups in total. The van der Waals surface area contributed by atoms with Gasteiger partial charge in [0.15, 0.2) is 0 Å². The first-order valence-electron chi connectivity index (χ1n) is 7.48. The number of nitrogens with one attached hydrogen (secondary N) is 1. The number of aromatic carboxylic acids is 1. The molecular formula is C16H22N2O3. The molecule has 1 aromatic carbocycles. The van der Waals surface area contributed by atoms with Crippen molar-refractivity contribution < 1.29 is 14.7 Å². The number of carboxylic acid groups (broad SMARTS) is 1. The van der Waals surface area contributed by atoms with Gasteiger partial charge in [-0.1, -0.05) is 32.8 Å². The van der Waals surface area contributed by atoms with Crippen molar-refractivity contribution >= 4 is 17.7 Å². The van der Waals surface area contributed by atoms with E-state index in [0.717, 1.165) is 30.5 Å². The Hall–Kier alpha value is -2.04. The summed E-state index contributed by atoms with van der Waals surface area (Å²) in [6, 6.07) is 4.84. The standard InChI is InChI=1S/C16H22N2O3/c1-3-11(4-2)10-17-16(21)18-8-7-12-5-6-13(15(19)20)9-14(12)18/h5-6,9,11H,3-4,7-8,10H2,1-2H3,(H,17,21)(H,19,20). The Morgan fingerprint density at radius 3 is 2.67 bits per heavy atom. The van der Waals surface area contributed by atoms with Crippen LogP contribution in [0, 0.1) is 5.92 Å². The van der Waals surface area contributed by atoms with Crippen LogP contribution < -0.4 is 10.2 Å². The molecule has 5 heteroatoms. The first kappa shape index (κ1) is 15.4. The Kier molecular flexibility index (Phi) is 4.83. The maximum absolute atomic E-state index is 12.3. The Balaban J connectivity index is 2.08. The topological polar surface area (TPSA) is 69.6 Å². The van der Waals surface area contributed by atoms with E-state index in [-0.39, 0.29) is 11.6 Å². The van der Waals surface area contributed by atoms with Crippen LogP contribution in [0.15, 0.2) is 18.2 Å². The molecule has 0 aliphatic carbocycles. The van der Waals surface area contributed by atoms with E-state index >= 15 is 0 Å². The van der Waals surface area contributed by atoms with Crippen molar-refractivity contribution in [2.75, 3.05) is 18.0 Å². The maximum Gasteiger partial charge on any atom is 0.335 e. The molecule has 0 radical (unpaired) electrons. The van der Waals surface area contributed by atoms with E-state index in [4.69, 9.17) is 5.11 Å². The van der Waals surface area contributed by atoms with Crippen molar-refractivity contribution in [3.05, 3.63) is 29.3 Å². The largest absolute Gasteiger partial charge is 0.478 e. The zero-order valence-corrected chi connectivity index (χ0v) is 12.6. The van der Waals surface area contributed by atoms with Gasteiger partial charge in [-0.2, -0.15) is 0 Å². The number of carbonyl (C=O) groups excluding carboxylic acids is 1. The van der Waals surface area contributed by atoms with Crippen molar-refractivity contribution in [3.8, 4) is 0 Å². The molecule has 0 saturated heterocycles. The first-order chi connectivity index (χ1) is 10.1. The lowest BCUT2D eigenvalue weighted by molar-refractivity contribution is 0.0697. The number of rotatable bonds is 5. The molecule has 0 saturated carbocycles. The van der Waals surface area contributed by atoms with Crippen LogP contribution in [0.5, 0.6) is 0 Å². The van der Waals surface area contributed by atoms with Crippen LogP contribution >= 0.6 is 0 Å². The van der Waals surface area contributed by atoms with E-state index in [2.05, 4.69) is 19.2 Å². The summed E-state index contributed by atoms with van der Waals surface area (Å²) in [5.74, 6) is -0.483. The van der Waals surface area contributed by atoms with Gasteiger partial charge < -0.3 is 10.4 Å². The molecule has 1 aromatic rings. The lowest BCUT2D eigenvalue weighted by Crippen LogP contribution is -2.41. The summed E-state index contributed by atoms with van der Waals surface area (Å²) < 4.78 is 0. The van der Waals surface area contributed by atoms with Crippen LogP contribution in [-0.2, 0) is 6.42 Å².